The van der Waals surface area contributed by atoms with Gasteiger partial charge in [0.2, 0.25) is 0 Å². The average Bonchev–Trinajstić information content (AvgIpc) is 2.20. The van der Waals surface area contributed by atoms with Gasteiger partial charge in [-0.1, -0.05) is 20.8 Å². The summed E-state index contributed by atoms with van der Waals surface area (Å²) in [4.78, 5) is 2.42. The monoisotopic (exact) mass is 219 g/mol. The van der Waals surface area contributed by atoms with Crippen LogP contribution in [0.25, 0.3) is 0 Å². The molecule has 0 heterocycles. The third-order valence-electron chi connectivity index (χ3n) is 2.57. The fourth-order valence-corrected chi connectivity index (χ4v) is 2.39. The van der Waals surface area contributed by atoms with E-state index in [2.05, 4.69) is 25.7 Å². The van der Waals surface area contributed by atoms with Crippen molar-refractivity contribution in [3.8, 4) is 0 Å². The molecule has 0 unspecified atom stereocenters. The molecular formula is C11H25NOS. The molecule has 0 bridgehead atoms. The van der Waals surface area contributed by atoms with Gasteiger partial charge < -0.3 is 5.11 Å². The Morgan fingerprint density at radius 2 is 1.79 bits per heavy atom. The van der Waals surface area contributed by atoms with Crippen molar-refractivity contribution in [1.82, 2.24) is 4.90 Å². The van der Waals surface area contributed by atoms with E-state index in [0.717, 1.165) is 13.1 Å². The molecule has 2 nitrogen and oxygen atoms in total. The predicted octanol–water partition coefficient (Wildman–Crippen LogP) is 2.22. The maximum atomic E-state index is 8.98. The maximum absolute atomic E-state index is 8.98. The van der Waals surface area contributed by atoms with Crippen LogP contribution in [0.4, 0.5) is 0 Å². The molecule has 0 fully saturated rings. The molecule has 0 aliphatic carbocycles. The first-order valence-electron chi connectivity index (χ1n) is 5.72. The number of rotatable bonds is 9. The molecule has 0 atom stereocenters. The summed E-state index contributed by atoms with van der Waals surface area (Å²) in [5.41, 5.74) is 0. The lowest BCUT2D eigenvalue weighted by molar-refractivity contribution is 0.151. The molecule has 0 saturated heterocycles. The lowest BCUT2D eigenvalue weighted by Crippen LogP contribution is -2.38. The van der Waals surface area contributed by atoms with E-state index in [1.807, 2.05) is 11.8 Å². The van der Waals surface area contributed by atoms with Crippen LogP contribution in [0.1, 0.15) is 33.6 Å². The quantitative estimate of drug-likeness (QED) is 0.602. The van der Waals surface area contributed by atoms with Crippen LogP contribution < -0.4 is 0 Å². The van der Waals surface area contributed by atoms with Gasteiger partial charge in [0.25, 0.3) is 0 Å². The average molecular weight is 219 g/mol. The molecule has 0 aromatic rings. The second-order valence-electron chi connectivity index (χ2n) is 3.43. The van der Waals surface area contributed by atoms with Crippen LogP contribution in [0, 0.1) is 0 Å². The highest BCUT2D eigenvalue weighted by Gasteiger charge is 2.13. The summed E-state index contributed by atoms with van der Waals surface area (Å²) in [6, 6.07) is 0.652. The SMILES string of the molecule is CCSCCN(CCO)C(CC)CC. The molecule has 1 N–H and O–H groups in total. The van der Waals surface area contributed by atoms with E-state index in [4.69, 9.17) is 5.11 Å². The highest BCUT2D eigenvalue weighted by atomic mass is 32.2. The topological polar surface area (TPSA) is 23.5 Å². The van der Waals surface area contributed by atoms with Gasteiger partial charge in [-0.05, 0) is 18.6 Å². The van der Waals surface area contributed by atoms with Gasteiger partial charge in [0, 0.05) is 24.9 Å². The summed E-state index contributed by atoms with van der Waals surface area (Å²) in [6.45, 7) is 8.88. The summed E-state index contributed by atoms with van der Waals surface area (Å²) in [6.07, 6.45) is 2.38. The van der Waals surface area contributed by atoms with Gasteiger partial charge in [-0.15, -0.1) is 0 Å². The van der Waals surface area contributed by atoms with E-state index in [1.54, 1.807) is 0 Å². The van der Waals surface area contributed by atoms with Gasteiger partial charge in [0.05, 0.1) is 6.61 Å². The van der Waals surface area contributed by atoms with Crippen LogP contribution in [-0.4, -0.2) is 47.3 Å². The van der Waals surface area contributed by atoms with Crippen molar-refractivity contribution in [3.63, 3.8) is 0 Å². The van der Waals surface area contributed by atoms with E-state index in [1.165, 1.54) is 24.3 Å². The predicted molar refractivity (Wildman–Crippen MR) is 66.0 cm³/mol. The molecule has 86 valence electrons. The molecule has 14 heavy (non-hydrogen) atoms. The Bertz CT molecular complexity index is 118. The van der Waals surface area contributed by atoms with Crippen molar-refractivity contribution in [2.45, 2.75) is 39.7 Å². The van der Waals surface area contributed by atoms with Gasteiger partial charge in [-0.3, -0.25) is 4.90 Å². The smallest absolute Gasteiger partial charge is 0.0558 e. The number of aliphatic hydroxyl groups is 1. The van der Waals surface area contributed by atoms with Crippen molar-refractivity contribution in [3.05, 3.63) is 0 Å². The van der Waals surface area contributed by atoms with Crippen molar-refractivity contribution in [1.29, 1.82) is 0 Å². The molecule has 3 heteroatoms. The van der Waals surface area contributed by atoms with Crippen LogP contribution in [0.3, 0.4) is 0 Å². The number of hydrogen-bond donors (Lipinski definition) is 1. The summed E-state index contributed by atoms with van der Waals surface area (Å²) >= 11 is 1.98. The standard InChI is InChI=1S/C11H25NOS/c1-4-11(5-2)12(7-9-13)8-10-14-6-3/h11,13H,4-10H2,1-3H3. The molecule has 0 aromatic heterocycles. The Labute approximate surface area is 93.1 Å². The number of nitrogens with zero attached hydrogens (tertiary/aromatic N) is 1. The Morgan fingerprint density at radius 3 is 2.21 bits per heavy atom. The molecule has 0 spiro atoms. The van der Waals surface area contributed by atoms with E-state index in [9.17, 15) is 0 Å². The molecule has 0 aliphatic heterocycles. The summed E-state index contributed by atoms with van der Waals surface area (Å²) in [5.74, 6) is 2.38. The van der Waals surface area contributed by atoms with Crippen LogP contribution >= 0.6 is 11.8 Å². The van der Waals surface area contributed by atoms with Crippen LogP contribution in [0.2, 0.25) is 0 Å². The summed E-state index contributed by atoms with van der Waals surface area (Å²) in [5, 5.41) is 8.98. The minimum absolute atomic E-state index is 0.285. The van der Waals surface area contributed by atoms with Gasteiger partial charge in [-0.2, -0.15) is 11.8 Å². The Hall–Kier alpha value is 0.270. The number of thioether (sulfide) groups is 1. The maximum Gasteiger partial charge on any atom is 0.0558 e. The molecule has 0 rings (SSSR count). The molecule has 0 radical (unpaired) electrons. The van der Waals surface area contributed by atoms with E-state index in [0.29, 0.717) is 6.04 Å². The van der Waals surface area contributed by atoms with Crippen LogP contribution in [0.5, 0.6) is 0 Å². The van der Waals surface area contributed by atoms with Crippen LogP contribution in [-0.2, 0) is 0 Å². The first kappa shape index (κ1) is 14.3. The molecule has 0 aliphatic rings. The number of aliphatic hydroxyl groups excluding tert-OH is 1. The van der Waals surface area contributed by atoms with E-state index >= 15 is 0 Å². The van der Waals surface area contributed by atoms with Crippen molar-refractivity contribution >= 4 is 11.8 Å². The first-order valence-corrected chi connectivity index (χ1v) is 6.88. The lowest BCUT2D eigenvalue weighted by atomic mass is 10.1. The third-order valence-corrected chi connectivity index (χ3v) is 3.45. The van der Waals surface area contributed by atoms with Crippen molar-refractivity contribution in [2.75, 3.05) is 31.2 Å². The number of hydrogen-bond acceptors (Lipinski definition) is 3. The largest absolute Gasteiger partial charge is 0.395 e. The molecule has 0 saturated carbocycles. The second kappa shape index (κ2) is 9.81. The van der Waals surface area contributed by atoms with Crippen LogP contribution in [0.15, 0.2) is 0 Å². The van der Waals surface area contributed by atoms with Crippen molar-refractivity contribution < 1.29 is 5.11 Å². The zero-order chi connectivity index (χ0) is 10.8. The fraction of sp³-hybridized carbons (Fsp3) is 1.00. The fourth-order valence-electron chi connectivity index (χ4n) is 1.74. The third kappa shape index (κ3) is 5.89. The Morgan fingerprint density at radius 1 is 1.14 bits per heavy atom. The highest BCUT2D eigenvalue weighted by molar-refractivity contribution is 7.99. The van der Waals surface area contributed by atoms with E-state index in [-0.39, 0.29) is 6.61 Å². The van der Waals surface area contributed by atoms with E-state index < -0.39 is 0 Å². The van der Waals surface area contributed by atoms with Gasteiger partial charge >= 0.3 is 0 Å². The second-order valence-corrected chi connectivity index (χ2v) is 4.82. The van der Waals surface area contributed by atoms with Gasteiger partial charge in [0.1, 0.15) is 0 Å². The first-order chi connectivity index (χ1) is 6.79. The van der Waals surface area contributed by atoms with Gasteiger partial charge in [0.15, 0.2) is 0 Å². The van der Waals surface area contributed by atoms with Gasteiger partial charge in [-0.25, -0.2) is 0 Å². The van der Waals surface area contributed by atoms with Crippen molar-refractivity contribution in [2.24, 2.45) is 0 Å². The minimum atomic E-state index is 0.285. The zero-order valence-electron chi connectivity index (χ0n) is 9.83. The highest BCUT2D eigenvalue weighted by Crippen LogP contribution is 2.09. The Balaban J connectivity index is 3.85. The normalized spacial score (nSPS) is 11.6. The lowest BCUT2D eigenvalue weighted by Gasteiger charge is -2.29. The summed E-state index contributed by atoms with van der Waals surface area (Å²) < 4.78 is 0. The molecular weight excluding hydrogens is 194 g/mol. The molecule has 0 amide bonds. The summed E-state index contributed by atoms with van der Waals surface area (Å²) in [7, 11) is 0. The molecule has 0 aromatic carbocycles. The Kier molecular flexibility index (Phi) is 10.0. The minimum Gasteiger partial charge on any atom is -0.395 e. The zero-order valence-corrected chi connectivity index (χ0v) is 10.6.